The number of phenols is 1. The number of rotatable bonds is 5. The number of para-hydroxylation sites is 2. The highest BCUT2D eigenvalue weighted by Gasteiger charge is 2.19. The van der Waals surface area contributed by atoms with E-state index in [2.05, 4.69) is 20.3 Å². The number of fused-ring (bicyclic) bond motifs is 1. The van der Waals surface area contributed by atoms with Gasteiger partial charge in [-0.3, -0.25) is 4.79 Å². The van der Waals surface area contributed by atoms with Gasteiger partial charge in [0.15, 0.2) is 17.3 Å². The maximum absolute atomic E-state index is 12.7. The number of ether oxygens (including phenoxy) is 1. The highest BCUT2D eigenvalue weighted by molar-refractivity contribution is 5.91. The monoisotopic (exact) mass is 377 g/mol. The number of H-pyrrole nitrogens is 1. The minimum atomic E-state index is -0.453. The molecule has 0 spiro atoms. The normalized spacial score (nSPS) is 10.8. The van der Waals surface area contributed by atoms with Crippen LogP contribution < -0.4 is 15.7 Å². The number of anilines is 1. The summed E-state index contributed by atoms with van der Waals surface area (Å²) in [5.74, 6) is 1.03. The van der Waals surface area contributed by atoms with Gasteiger partial charge in [0, 0.05) is 5.56 Å². The van der Waals surface area contributed by atoms with Gasteiger partial charge in [-0.1, -0.05) is 12.1 Å². The van der Waals surface area contributed by atoms with E-state index in [0.717, 1.165) is 0 Å². The lowest BCUT2D eigenvalue weighted by Crippen LogP contribution is -2.15. The summed E-state index contributed by atoms with van der Waals surface area (Å²) in [4.78, 5) is 35.3. The molecule has 140 valence electrons. The average Bonchev–Trinajstić information content (AvgIpc) is 3.04. The van der Waals surface area contributed by atoms with Crippen molar-refractivity contribution in [2.75, 3.05) is 12.4 Å². The first-order valence-electron chi connectivity index (χ1n) is 8.28. The molecule has 0 aliphatic carbocycles. The predicted octanol–water partition coefficient (Wildman–Crippen LogP) is 2.06. The number of carbonyl (C=O) groups is 1. The van der Waals surface area contributed by atoms with Gasteiger partial charge in [-0.25, -0.2) is 19.3 Å². The van der Waals surface area contributed by atoms with E-state index >= 15 is 0 Å². The van der Waals surface area contributed by atoms with Crippen molar-refractivity contribution in [3.8, 4) is 28.6 Å². The van der Waals surface area contributed by atoms with Crippen molar-refractivity contribution in [2.24, 2.45) is 0 Å². The second-order valence-electron chi connectivity index (χ2n) is 5.84. The largest absolute Gasteiger partial charge is 0.508 e. The van der Waals surface area contributed by atoms with E-state index in [9.17, 15) is 14.7 Å². The highest BCUT2D eigenvalue weighted by atomic mass is 16.5. The molecule has 2 heterocycles. The number of aromatic hydroxyl groups is 1. The van der Waals surface area contributed by atoms with Crippen molar-refractivity contribution in [3.05, 3.63) is 59.0 Å². The van der Waals surface area contributed by atoms with Crippen LogP contribution in [0.5, 0.6) is 11.5 Å². The fourth-order valence-corrected chi connectivity index (χ4v) is 2.92. The average molecular weight is 377 g/mol. The number of hydrogen-bond acceptors (Lipinski definition) is 6. The standard InChI is InChI=1S/C19H15N5O4/c1-28-14-5-3-2-4-13(14)24-18-15(21-19(24)27)17(20-10-25)22-16(23-18)11-6-8-12(26)9-7-11/h2-10,26H,1H3,(H,21,27)(H,20,22,23,25). The summed E-state index contributed by atoms with van der Waals surface area (Å²) in [5, 5.41) is 12.0. The van der Waals surface area contributed by atoms with Crippen LogP contribution in [0.4, 0.5) is 5.82 Å². The Hall–Kier alpha value is -4.14. The fourth-order valence-electron chi connectivity index (χ4n) is 2.92. The highest BCUT2D eigenvalue weighted by Crippen LogP contribution is 2.28. The number of benzene rings is 2. The van der Waals surface area contributed by atoms with Crippen molar-refractivity contribution >= 4 is 23.4 Å². The van der Waals surface area contributed by atoms with Crippen molar-refractivity contribution in [1.29, 1.82) is 0 Å². The first kappa shape index (κ1) is 17.3. The summed E-state index contributed by atoms with van der Waals surface area (Å²) in [6, 6.07) is 13.3. The maximum atomic E-state index is 12.7. The molecule has 9 nitrogen and oxygen atoms in total. The molecule has 4 rings (SSSR count). The molecule has 0 bridgehead atoms. The molecule has 3 N–H and O–H groups in total. The number of aromatic nitrogens is 4. The van der Waals surface area contributed by atoms with E-state index in [4.69, 9.17) is 4.74 Å². The molecule has 0 aliphatic heterocycles. The number of imidazole rings is 1. The number of hydrogen-bond donors (Lipinski definition) is 3. The van der Waals surface area contributed by atoms with Gasteiger partial charge in [0.1, 0.15) is 17.0 Å². The molecule has 0 aliphatic rings. The van der Waals surface area contributed by atoms with Gasteiger partial charge in [0.25, 0.3) is 0 Å². The van der Waals surface area contributed by atoms with Crippen LogP contribution in [-0.4, -0.2) is 38.1 Å². The Morgan fingerprint density at radius 3 is 2.61 bits per heavy atom. The molecule has 9 heteroatoms. The first-order valence-corrected chi connectivity index (χ1v) is 8.28. The number of carbonyl (C=O) groups excluding carboxylic acids is 1. The zero-order valence-electron chi connectivity index (χ0n) is 14.7. The van der Waals surface area contributed by atoms with Crippen LogP contribution in [-0.2, 0) is 4.79 Å². The number of phenolic OH excluding ortho intramolecular Hbond substituents is 1. The lowest BCUT2D eigenvalue weighted by molar-refractivity contribution is -0.105. The number of nitrogens with zero attached hydrogens (tertiary/aromatic N) is 3. The lowest BCUT2D eigenvalue weighted by atomic mass is 10.2. The minimum absolute atomic E-state index is 0.101. The molecule has 2 aromatic carbocycles. The molecule has 0 saturated carbocycles. The van der Waals surface area contributed by atoms with E-state index < -0.39 is 5.69 Å². The van der Waals surface area contributed by atoms with E-state index in [0.29, 0.717) is 23.4 Å². The van der Waals surface area contributed by atoms with Gasteiger partial charge in [-0.05, 0) is 36.4 Å². The summed E-state index contributed by atoms with van der Waals surface area (Å²) in [7, 11) is 1.51. The van der Waals surface area contributed by atoms with Crippen molar-refractivity contribution in [2.45, 2.75) is 0 Å². The van der Waals surface area contributed by atoms with Crippen LogP contribution in [0, 0.1) is 0 Å². The number of amides is 1. The lowest BCUT2D eigenvalue weighted by Gasteiger charge is -2.10. The van der Waals surface area contributed by atoms with Crippen molar-refractivity contribution in [1.82, 2.24) is 19.5 Å². The number of methoxy groups -OCH3 is 1. The van der Waals surface area contributed by atoms with Crippen molar-refractivity contribution in [3.63, 3.8) is 0 Å². The topological polar surface area (TPSA) is 122 Å². The second kappa shape index (κ2) is 6.88. The molecule has 0 radical (unpaired) electrons. The molecular formula is C19H15N5O4. The van der Waals surface area contributed by atoms with E-state index in [1.165, 1.54) is 23.8 Å². The van der Waals surface area contributed by atoms with Crippen LogP contribution in [0.2, 0.25) is 0 Å². The van der Waals surface area contributed by atoms with E-state index in [1.54, 1.807) is 36.4 Å². The Morgan fingerprint density at radius 2 is 1.89 bits per heavy atom. The van der Waals surface area contributed by atoms with Gasteiger partial charge in [0.2, 0.25) is 6.41 Å². The molecule has 1 amide bonds. The summed E-state index contributed by atoms with van der Waals surface area (Å²) in [6.07, 6.45) is 0.473. The zero-order valence-corrected chi connectivity index (χ0v) is 14.7. The molecule has 2 aromatic heterocycles. The third-order valence-corrected chi connectivity index (χ3v) is 4.18. The Balaban J connectivity index is 2.04. The third kappa shape index (κ3) is 2.84. The third-order valence-electron chi connectivity index (χ3n) is 4.18. The van der Waals surface area contributed by atoms with Crippen LogP contribution in [0.15, 0.2) is 53.3 Å². The fraction of sp³-hybridized carbons (Fsp3) is 0.0526. The van der Waals surface area contributed by atoms with Gasteiger partial charge < -0.3 is 20.1 Å². The van der Waals surface area contributed by atoms with E-state index in [1.807, 2.05) is 0 Å². The summed E-state index contributed by atoms with van der Waals surface area (Å²) in [5.41, 5.74) is 1.20. The molecule has 0 unspecified atom stereocenters. The smallest absolute Gasteiger partial charge is 0.332 e. The van der Waals surface area contributed by atoms with Crippen molar-refractivity contribution < 1.29 is 14.6 Å². The van der Waals surface area contributed by atoms with Gasteiger partial charge in [-0.2, -0.15) is 0 Å². The summed E-state index contributed by atoms with van der Waals surface area (Å²) in [6.45, 7) is 0. The number of nitrogens with one attached hydrogen (secondary N) is 2. The van der Waals surface area contributed by atoms with Crippen LogP contribution in [0.3, 0.4) is 0 Å². The van der Waals surface area contributed by atoms with E-state index in [-0.39, 0.29) is 28.6 Å². The quantitative estimate of drug-likeness (QED) is 0.458. The molecule has 0 atom stereocenters. The number of aromatic amines is 1. The minimum Gasteiger partial charge on any atom is -0.508 e. The van der Waals surface area contributed by atoms with Crippen LogP contribution in [0.1, 0.15) is 0 Å². The first-order chi connectivity index (χ1) is 13.6. The predicted molar refractivity (Wildman–Crippen MR) is 103 cm³/mol. The Kier molecular flexibility index (Phi) is 4.24. The summed E-state index contributed by atoms with van der Waals surface area (Å²) < 4.78 is 6.72. The maximum Gasteiger partial charge on any atom is 0.332 e. The van der Waals surface area contributed by atoms with Crippen LogP contribution in [0.25, 0.3) is 28.2 Å². The van der Waals surface area contributed by atoms with Crippen LogP contribution >= 0.6 is 0 Å². The van der Waals surface area contributed by atoms with Gasteiger partial charge >= 0.3 is 5.69 Å². The summed E-state index contributed by atoms with van der Waals surface area (Å²) >= 11 is 0. The molecular weight excluding hydrogens is 362 g/mol. The molecule has 28 heavy (non-hydrogen) atoms. The molecule has 0 fully saturated rings. The Bertz CT molecular complexity index is 1230. The Morgan fingerprint density at radius 1 is 1.14 bits per heavy atom. The van der Waals surface area contributed by atoms with Gasteiger partial charge in [0.05, 0.1) is 12.8 Å². The second-order valence-corrected chi connectivity index (χ2v) is 5.84. The van der Waals surface area contributed by atoms with Gasteiger partial charge in [-0.15, -0.1) is 0 Å². The molecule has 0 saturated heterocycles. The zero-order chi connectivity index (χ0) is 19.7. The SMILES string of the molecule is COc1ccccc1-n1c(=O)[nH]c2c(NC=O)nc(-c3ccc(O)cc3)nc21. The molecule has 4 aromatic rings. The Labute approximate surface area is 158 Å².